The van der Waals surface area contributed by atoms with Crippen LogP contribution in [0.25, 0.3) is 0 Å². The molecule has 0 aliphatic carbocycles. The standard InChI is InChI=1S/C15H12BrFN2/c1-19(15-4-2-11(9-18)3-5-15)10-12-6-13(16)8-14(17)7-12/h2-8H,10H2,1H3. The van der Waals surface area contributed by atoms with Crippen LogP contribution in [0.2, 0.25) is 0 Å². The number of benzene rings is 2. The summed E-state index contributed by atoms with van der Waals surface area (Å²) in [5.41, 5.74) is 2.50. The second-order valence-corrected chi connectivity index (χ2v) is 5.21. The average molecular weight is 319 g/mol. The fraction of sp³-hybridized carbons (Fsp3) is 0.133. The Kier molecular flexibility index (Phi) is 4.18. The van der Waals surface area contributed by atoms with Crippen LogP contribution in [0.15, 0.2) is 46.9 Å². The average Bonchev–Trinajstić information content (AvgIpc) is 2.37. The molecule has 0 heterocycles. The normalized spacial score (nSPS) is 10.0. The maximum Gasteiger partial charge on any atom is 0.124 e. The number of rotatable bonds is 3. The van der Waals surface area contributed by atoms with Crippen molar-refractivity contribution in [3.63, 3.8) is 0 Å². The number of nitriles is 1. The summed E-state index contributed by atoms with van der Waals surface area (Å²) < 4.78 is 14.0. The monoisotopic (exact) mass is 318 g/mol. The molecule has 2 nitrogen and oxygen atoms in total. The number of hydrogen-bond donors (Lipinski definition) is 0. The van der Waals surface area contributed by atoms with Crippen molar-refractivity contribution in [1.29, 1.82) is 5.26 Å². The van der Waals surface area contributed by atoms with E-state index >= 15 is 0 Å². The van der Waals surface area contributed by atoms with Crippen molar-refractivity contribution in [2.24, 2.45) is 0 Å². The van der Waals surface area contributed by atoms with Gasteiger partial charge in [-0.05, 0) is 48.0 Å². The molecule has 0 amide bonds. The molecule has 19 heavy (non-hydrogen) atoms. The third kappa shape index (κ3) is 3.55. The molecule has 0 aromatic heterocycles. The number of anilines is 1. The maximum absolute atomic E-state index is 13.3. The number of halogens is 2. The third-order valence-electron chi connectivity index (χ3n) is 2.78. The minimum absolute atomic E-state index is 0.252. The van der Waals surface area contributed by atoms with Crippen LogP contribution in [-0.2, 0) is 6.54 Å². The van der Waals surface area contributed by atoms with Gasteiger partial charge in [0.25, 0.3) is 0 Å². The molecule has 2 rings (SSSR count). The Labute approximate surface area is 120 Å². The van der Waals surface area contributed by atoms with Gasteiger partial charge in [0, 0.05) is 23.8 Å². The van der Waals surface area contributed by atoms with Crippen LogP contribution in [0.4, 0.5) is 10.1 Å². The van der Waals surface area contributed by atoms with Gasteiger partial charge in [0.15, 0.2) is 0 Å². The van der Waals surface area contributed by atoms with Crippen molar-refractivity contribution in [3.05, 3.63) is 63.9 Å². The van der Waals surface area contributed by atoms with E-state index < -0.39 is 0 Å². The molecule has 0 saturated heterocycles. The molecule has 0 spiro atoms. The van der Waals surface area contributed by atoms with E-state index in [1.807, 2.05) is 30.1 Å². The van der Waals surface area contributed by atoms with Gasteiger partial charge in [-0.3, -0.25) is 0 Å². The van der Waals surface area contributed by atoms with Crippen molar-refractivity contribution in [2.45, 2.75) is 6.54 Å². The van der Waals surface area contributed by atoms with Crippen molar-refractivity contribution in [2.75, 3.05) is 11.9 Å². The zero-order valence-corrected chi connectivity index (χ0v) is 12.0. The van der Waals surface area contributed by atoms with Gasteiger partial charge in [0.2, 0.25) is 0 Å². The van der Waals surface area contributed by atoms with E-state index in [4.69, 9.17) is 5.26 Å². The summed E-state index contributed by atoms with van der Waals surface area (Å²) in [5, 5.41) is 8.75. The lowest BCUT2D eigenvalue weighted by atomic mass is 10.2. The van der Waals surface area contributed by atoms with Crippen LogP contribution in [0.1, 0.15) is 11.1 Å². The predicted molar refractivity (Wildman–Crippen MR) is 77.4 cm³/mol. The summed E-state index contributed by atoms with van der Waals surface area (Å²) in [6.45, 7) is 0.599. The number of nitrogens with zero attached hydrogens (tertiary/aromatic N) is 2. The fourth-order valence-corrected chi connectivity index (χ4v) is 2.37. The van der Waals surface area contributed by atoms with Gasteiger partial charge in [-0.15, -0.1) is 0 Å². The highest BCUT2D eigenvalue weighted by atomic mass is 79.9. The second kappa shape index (κ2) is 5.85. The topological polar surface area (TPSA) is 27.0 Å². The Morgan fingerprint density at radius 3 is 2.47 bits per heavy atom. The van der Waals surface area contributed by atoms with Gasteiger partial charge in [-0.2, -0.15) is 5.26 Å². The summed E-state index contributed by atoms with van der Waals surface area (Å²) in [5.74, 6) is -0.252. The van der Waals surface area contributed by atoms with Gasteiger partial charge in [0.05, 0.1) is 11.6 Å². The molecule has 2 aromatic rings. The van der Waals surface area contributed by atoms with E-state index in [2.05, 4.69) is 22.0 Å². The summed E-state index contributed by atoms with van der Waals surface area (Å²) >= 11 is 3.28. The molecule has 0 saturated carbocycles. The molecule has 0 aliphatic heterocycles. The Balaban J connectivity index is 2.15. The number of hydrogen-bond acceptors (Lipinski definition) is 2. The van der Waals surface area contributed by atoms with Gasteiger partial charge < -0.3 is 4.90 Å². The quantitative estimate of drug-likeness (QED) is 0.852. The minimum atomic E-state index is -0.252. The zero-order valence-electron chi connectivity index (χ0n) is 10.4. The van der Waals surface area contributed by atoms with Gasteiger partial charge in [-0.25, -0.2) is 4.39 Å². The molecule has 0 unspecified atom stereocenters. The van der Waals surface area contributed by atoms with Crippen molar-refractivity contribution in [3.8, 4) is 6.07 Å². The first kappa shape index (κ1) is 13.6. The predicted octanol–water partition coefficient (Wildman–Crippen LogP) is 4.10. The minimum Gasteiger partial charge on any atom is -0.370 e. The highest BCUT2D eigenvalue weighted by Crippen LogP contribution is 2.19. The van der Waals surface area contributed by atoms with Crippen molar-refractivity contribution >= 4 is 21.6 Å². The lowest BCUT2D eigenvalue weighted by Gasteiger charge is -2.19. The second-order valence-electron chi connectivity index (χ2n) is 4.29. The molecule has 0 aliphatic rings. The molecule has 0 N–H and O–H groups in total. The maximum atomic E-state index is 13.3. The highest BCUT2D eigenvalue weighted by Gasteiger charge is 2.05. The van der Waals surface area contributed by atoms with Crippen LogP contribution in [-0.4, -0.2) is 7.05 Å². The molecule has 0 bridgehead atoms. The zero-order chi connectivity index (χ0) is 13.8. The van der Waals surface area contributed by atoms with E-state index in [-0.39, 0.29) is 5.82 Å². The Morgan fingerprint density at radius 1 is 1.21 bits per heavy atom. The largest absolute Gasteiger partial charge is 0.370 e. The molecule has 0 atom stereocenters. The van der Waals surface area contributed by atoms with E-state index in [9.17, 15) is 4.39 Å². The highest BCUT2D eigenvalue weighted by molar-refractivity contribution is 9.10. The Morgan fingerprint density at radius 2 is 1.89 bits per heavy atom. The first-order chi connectivity index (χ1) is 9.08. The summed E-state index contributed by atoms with van der Waals surface area (Å²) in [4.78, 5) is 2.00. The molecule has 2 aromatic carbocycles. The van der Waals surface area contributed by atoms with E-state index in [0.717, 1.165) is 15.7 Å². The van der Waals surface area contributed by atoms with Gasteiger partial charge in [-0.1, -0.05) is 15.9 Å². The lowest BCUT2D eigenvalue weighted by Crippen LogP contribution is -2.16. The summed E-state index contributed by atoms with van der Waals surface area (Å²) in [7, 11) is 1.93. The van der Waals surface area contributed by atoms with Crippen LogP contribution >= 0.6 is 15.9 Å². The smallest absolute Gasteiger partial charge is 0.124 e. The van der Waals surface area contributed by atoms with Crippen LogP contribution in [0, 0.1) is 17.1 Å². The molecule has 0 radical (unpaired) electrons. The lowest BCUT2D eigenvalue weighted by molar-refractivity contribution is 0.624. The van der Waals surface area contributed by atoms with E-state index in [0.29, 0.717) is 12.1 Å². The molecular formula is C15H12BrFN2. The Bertz CT molecular complexity index is 597. The van der Waals surface area contributed by atoms with Gasteiger partial charge >= 0.3 is 0 Å². The van der Waals surface area contributed by atoms with E-state index in [1.54, 1.807) is 12.1 Å². The molecule has 0 fully saturated rings. The third-order valence-corrected chi connectivity index (χ3v) is 3.24. The van der Waals surface area contributed by atoms with Crippen LogP contribution in [0.3, 0.4) is 0 Å². The molecule has 96 valence electrons. The van der Waals surface area contributed by atoms with Crippen LogP contribution < -0.4 is 4.90 Å². The first-order valence-corrected chi connectivity index (χ1v) is 6.54. The van der Waals surface area contributed by atoms with Crippen LogP contribution in [0.5, 0.6) is 0 Å². The molecular weight excluding hydrogens is 307 g/mol. The van der Waals surface area contributed by atoms with Crippen molar-refractivity contribution < 1.29 is 4.39 Å². The van der Waals surface area contributed by atoms with Gasteiger partial charge in [0.1, 0.15) is 5.82 Å². The molecule has 4 heteroatoms. The fourth-order valence-electron chi connectivity index (χ4n) is 1.86. The first-order valence-electron chi connectivity index (χ1n) is 5.75. The SMILES string of the molecule is CN(Cc1cc(F)cc(Br)c1)c1ccc(C#N)cc1. The summed E-state index contributed by atoms with van der Waals surface area (Å²) in [6, 6.07) is 14.2. The van der Waals surface area contributed by atoms with Crippen molar-refractivity contribution in [1.82, 2.24) is 0 Å². The van der Waals surface area contributed by atoms with E-state index in [1.165, 1.54) is 12.1 Å². The Hall–Kier alpha value is -1.86. The summed E-state index contributed by atoms with van der Waals surface area (Å²) in [6.07, 6.45) is 0.